The standard InChI is InChI=1S/C22H26FNO4/c1-15(2)28-22(26)14-19(17-7-5-4-6-8-17)24-21(25)12-10-16-9-11-20(27-3)18(23)13-16/h4-9,11,13,15,19H,10,12,14H2,1-3H3,(H,24,25). The van der Waals surface area contributed by atoms with Gasteiger partial charge in [-0.05, 0) is 43.5 Å². The first-order valence-electron chi connectivity index (χ1n) is 9.25. The first-order chi connectivity index (χ1) is 13.4. The van der Waals surface area contributed by atoms with Gasteiger partial charge in [0, 0.05) is 6.42 Å². The van der Waals surface area contributed by atoms with Crippen molar-refractivity contribution in [2.75, 3.05) is 7.11 Å². The third-order valence-corrected chi connectivity index (χ3v) is 4.13. The fraction of sp³-hybridized carbons (Fsp3) is 0.364. The molecule has 2 aromatic carbocycles. The number of methoxy groups -OCH3 is 1. The van der Waals surface area contributed by atoms with Crippen molar-refractivity contribution in [3.63, 3.8) is 0 Å². The maximum absolute atomic E-state index is 13.8. The lowest BCUT2D eigenvalue weighted by Gasteiger charge is -2.19. The number of rotatable bonds is 9. The lowest BCUT2D eigenvalue weighted by molar-refractivity contribution is -0.148. The number of hydrogen-bond donors (Lipinski definition) is 1. The van der Waals surface area contributed by atoms with Crippen molar-refractivity contribution in [2.45, 2.75) is 45.3 Å². The Morgan fingerprint density at radius 3 is 2.43 bits per heavy atom. The summed E-state index contributed by atoms with van der Waals surface area (Å²) in [4.78, 5) is 24.5. The van der Waals surface area contributed by atoms with Gasteiger partial charge in [0.15, 0.2) is 11.6 Å². The van der Waals surface area contributed by atoms with E-state index in [0.29, 0.717) is 12.0 Å². The maximum Gasteiger partial charge on any atom is 0.308 e. The van der Waals surface area contributed by atoms with E-state index >= 15 is 0 Å². The zero-order valence-corrected chi connectivity index (χ0v) is 16.4. The van der Waals surface area contributed by atoms with Crippen LogP contribution >= 0.6 is 0 Å². The molecule has 0 fully saturated rings. The molecule has 0 aliphatic carbocycles. The van der Waals surface area contributed by atoms with E-state index in [4.69, 9.17) is 9.47 Å². The lowest BCUT2D eigenvalue weighted by Crippen LogP contribution is -2.31. The highest BCUT2D eigenvalue weighted by Crippen LogP contribution is 2.20. The molecule has 1 amide bonds. The van der Waals surface area contributed by atoms with E-state index in [1.165, 1.54) is 19.2 Å². The van der Waals surface area contributed by atoms with Gasteiger partial charge in [0.2, 0.25) is 5.91 Å². The second-order valence-electron chi connectivity index (χ2n) is 6.74. The van der Waals surface area contributed by atoms with Crippen LogP contribution in [-0.2, 0) is 20.7 Å². The largest absolute Gasteiger partial charge is 0.494 e. The molecule has 5 nitrogen and oxygen atoms in total. The fourth-order valence-electron chi connectivity index (χ4n) is 2.80. The Kier molecular flexibility index (Phi) is 7.99. The minimum Gasteiger partial charge on any atom is -0.494 e. The first-order valence-corrected chi connectivity index (χ1v) is 9.25. The molecule has 0 heterocycles. The van der Waals surface area contributed by atoms with Crippen molar-refractivity contribution in [3.05, 3.63) is 65.5 Å². The SMILES string of the molecule is COc1ccc(CCC(=O)NC(CC(=O)OC(C)C)c2ccccc2)cc1F. The number of amides is 1. The van der Waals surface area contributed by atoms with Crippen molar-refractivity contribution in [1.82, 2.24) is 5.32 Å². The Hall–Kier alpha value is -2.89. The minimum absolute atomic E-state index is 0.0467. The number of esters is 1. The molecule has 0 radical (unpaired) electrons. The van der Waals surface area contributed by atoms with Gasteiger partial charge in [-0.25, -0.2) is 4.39 Å². The molecule has 28 heavy (non-hydrogen) atoms. The van der Waals surface area contributed by atoms with Gasteiger partial charge in [-0.2, -0.15) is 0 Å². The van der Waals surface area contributed by atoms with Crippen LogP contribution in [0.1, 0.15) is 43.9 Å². The van der Waals surface area contributed by atoms with E-state index in [-0.39, 0.29) is 36.6 Å². The Morgan fingerprint density at radius 2 is 1.82 bits per heavy atom. The molecule has 1 atom stereocenters. The summed E-state index contributed by atoms with van der Waals surface area (Å²) < 4.78 is 23.9. The van der Waals surface area contributed by atoms with Crippen LogP contribution in [-0.4, -0.2) is 25.1 Å². The molecule has 1 N–H and O–H groups in total. The lowest BCUT2D eigenvalue weighted by atomic mass is 10.0. The first kappa shape index (κ1) is 21.4. The second-order valence-corrected chi connectivity index (χ2v) is 6.74. The zero-order valence-electron chi connectivity index (χ0n) is 16.4. The van der Waals surface area contributed by atoms with Gasteiger partial charge in [-0.1, -0.05) is 36.4 Å². The predicted octanol–water partition coefficient (Wildman–Crippen LogP) is 3.97. The number of nitrogens with one attached hydrogen (secondary N) is 1. The maximum atomic E-state index is 13.8. The molecular formula is C22H26FNO4. The minimum atomic E-state index is -0.479. The van der Waals surface area contributed by atoms with Crippen molar-refractivity contribution in [1.29, 1.82) is 0 Å². The van der Waals surface area contributed by atoms with Crippen molar-refractivity contribution in [2.24, 2.45) is 0 Å². The Labute approximate surface area is 164 Å². The number of ether oxygens (including phenoxy) is 2. The van der Waals surface area contributed by atoms with E-state index in [9.17, 15) is 14.0 Å². The topological polar surface area (TPSA) is 64.6 Å². The molecule has 0 bridgehead atoms. The highest BCUT2D eigenvalue weighted by atomic mass is 19.1. The van der Waals surface area contributed by atoms with E-state index < -0.39 is 11.9 Å². The second kappa shape index (κ2) is 10.4. The van der Waals surface area contributed by atoms with Crippen molar-refractivity contribution in [3.8, 4) is 5.75 Å². The van der Waals surface area contributed by atoms with Crippen molar-refractivity contribution < 1.29 is 23.5 Å². The summed E-state index contributed by atoms with van der Waals surface area (Å²) in [6.07, 6.45) is 0.383. The molecule has 2 aromatic rings. The molecular weight excluding hydrogens is 361 g/mol. The van der Waals surface area contributed by atoms with Gasteiger partial charge in [-0.15, -0.1) is 0 Å². The van der Waals surface area contributed by atoms with Crippen molar-refractivity contribution >= 4 is 11.9 Å². The van der Waals surface area contributed by atoms with Crippen LogP contribution in [0.3, 0.4) is 0 Å². The number of hydrogen-bond acceptors (Lipinski definition) is 4. The molecule has 0 aliphatic heterocycles. The molecule has 2 rings (SSSR count). The van der Waals surface area contributed by atoms with Gasteiger partial charge in [0.25, 0.3) is 0 Å². The van der Waals surface area contributed by atoms with Gasteiger partial charge in [0.05, 0.1) is 25.7 Å². The molecule has 0 aromatic heterocycles. The number of aryl methyl sites for hydroxylation is 1. The van der Waals surface area contributed by atoms with Crippen LogP contribution in [0.25, 0.3) is 0 Å². The highest BCUT2D eigenvalue weighted by molar-refractivity contribution is 5.78. The summed E-state index contributed by atoms with van der Waals surface area (Å²) in [5, 5.41) is 2.89. The third-order valence-electron chi connectivity index (χ3n) is 4.13. The number of carbonyl (C=O) groups is 2. The monoisotopic (exact) mass is 387 g/mol. The Balaban J connectivity index is 1.99. The molecule has 150 valence electrons. The summed E-state index contributed by atoms with van der Waals surface area (Å²) >= 11 is 0. The molecule has 1 unspecified atom stereocenters. The molecule has 0 saturated carbocycles. The van der Waals surface area contributed by atoms with Gasteiger partial charge >= 0.3 is 5.97 Å². The summed E-state index contributed by atoms with van der Waals surface area (Å²) in [5.41, 5.74) is 1.52. The van der Waals surface area contributed by atoms with Crippen LogP contribution in [0.5, 0.6) is 5.75 Å². The third kappa shape index (κ3) is 6.68. The van der Waals surface area contributed by atoms with Gasteiger partial charge in [0.1, 0.15) is 0 Å². The molecule has 0 spiro atoms. The smallest absolute Gasteiger partial charge is 0.308 e. The van der Waals surface area contributed by atoms with Crippen LogP contribution in [0.15, 0.2) is 48.5 Å². The zero-order chi connectivity index (χ0) is 20.5. The van der Waals surface area contributed by atoms with Crippen LogP contribution in [0.2, 0.25) is 0 Å². The molecule has 0 saturated heterocycles. The normalized spacial score (nSPS) is 11.8. The van der Waals surface area contributed by atoms with Crippen LogP contribution in [0, 0.1) is 5.82 Å². The summed E-state index contributed by atoms with van der Waals surface area (Å²) in [6.45, 7) is 3.56. The summed E-state index contributed by atoms with van der Waals surface area (Å²) in [5.74, 6) is -0.885. The van der Waals surface area contributed by atoms with Crippen LogP contribution < -0.4 is 10.1 Å². The quantitative estimate of drug-likeness (QED) is 0.662. The Bertz CT molecular complexity index is 792. The van der Waals surface area contributed by atoms with Crippen LogP contribution in [0.4, 0.5) is 4.39 Å². The summed E-state index contributed by atoms with van der Waals surface area (Å²) in [6, 6.07) is 13.4. The van der Waals surface area contributed by atoms with E-state index in [1.54, 1.807) is 19.9 Å². The van der Waals surface area contributed by atoms with Gasteiger partial charge < -0.3 is 14.8 Å². The highest BCUT2D eigenvalue weighted by Gasteiger charge is 2.20. The average Bonchev–Trinajstić information content (AvgIpc) is 2.66. The van der Waals surface area contributed by atoms with E-state index in [0.717, 1.165) is 5.56 Å². The number of benzene rings is 2. The summed E-state index contributed by atoms with van der Waals surface area (Å²) in [7, 11) is 1.40. The number of halogens is 1. The van der Waals surface area contributed by atoms with E-state index in [2.05, 4.69) is 5.32 Å². The Morgan fingerprint density at radius 1 is 1.11 bits per heavy atom. The molecule has 6 heteroatoms. The fourth-order valence-corrected chi connectivity index (χ4v) is 2.80. The number of carbonyl (C=O) groups excluding carboxylic acids is 2. The molecule has 0 aliphatic rings. The van der Waals surface area contributed by atoms with Gasteiger partial charge in [-0.3, -0.25) is 9.59 Å². The average molecular weight is 387 g/mol. The predicted molar refractivity (Wildman–Crippen MR) is 104 cm³/mol. The van der Waals surface area contributed by atoms with E-state index in [1.807, 2.05) is 30.3 Å².